The normalized spacial score (nSPS) is 16.1. The van der Waals surface area contributed by atoms with E-state index < -0.39 is 11.6 Å². The van der Waals surface area contributed by atoms with Gasteiger partial charge < -0.3 is 15.1 Å². The van der Waals surface area contributed by atoms with Crippen LogP contribution in [0.1, 0.15) is 6.42 Å². The summed E-state index contributed by atoms with van der Waals surface area (Å²) in [6.07, 6.45) is 0.438. The van der Waals surface area contributed by atoms with E-state index in [9.17, 15) is 13.2 Å². The minimum Gasteiger partial charge on any atom is -0.366 e. The first kappa shape index (κ1) is 16.5. The van der Waals surface area contributed by atoms with Crippen LogP contribution in [0.2, 0.25) is 0 Å². The van der Waals surface area contributed by atoms with Crippen LogP contribution in [0.25, 0.3) is 0 Å². The second-order valence-electron chi connectivity index (χ2n) is 5.09. The molecule has 1 fully saturated rings. The standard InChI is InChI=1S/C15H21F3N4/c1-19-15(20-6-2-5-16)22-9-7-21(8-10-22)14-11-12(17)3-4-13(14)18/h3-4,11H,2,5-10H2,1H3,(H,19,20). The molecule has 1 heterocycles. The fraction of sp³-hybridized carbons (Fsp3) is 0.533. The van der Waals surface area contributed by atoms with Crippen LogP contribution in [0.3, 0.4) is 0 Å². The zero-order valence-electron chi connectivity index (χ0n) is 12.7. The Balaban J connectivity index is 1.93. The summed E-state index contributed by atoms with van der Waals surface area (Å²) in [5, 5.41) is 3.10. The average molecular weight is 314 g/mol. The van der Waals surface area contributed by atoms with Gasteiger partial charge in [-0.3, -0.25) is 9.38 Å². The smallest absolute Gasteiger partial charge is 0.193 e. The van der Waals surface area contributed by atoms with E-state index in [1.807, 2.05) is 9.80 Å². The number of aliphatic imine (C=N–C) groups is 1. The largest absolute Gasteiger partial charge is 0.366 e. The van der Waals surface area contributed by atoms with Crippen molar-refractivity contribution in [2.45, 2.75) is 6.42 Å². The summed E-state index contributed by atoms with van der Waals surface area (Å²) in [5.74, 6) is -0.143. The predicted molar refractivity (Wildman–Crippen MR) is 82.1 cm³/mol. The summed E-state index contributed by atoms with van der Waals surface area (Å²) < 4.78 is 39.2. The van der Waals surface area contributed by atoms with Crippen LogP contribution >= 0.6 is 0 Å². The van der Waals surface area contributed by atoms with E-state index in [0.29, 0.717) is 50.8 Å². The highest BCUT2D eigenvalue weighted by Gasteiger charge is 2.21. The molecular weight excluding hydrogens is 293 g/mol. The maximum atomic E-state index is 13.8. The van der Waals surface area contributed by atoms with Gasteiger partial charge in [-0.25, -0.2) is 8.78 Å². The molecule has 0 unspecified atom stereocenters. The number of nitrogens with zero attached hydrogens (tertiary/aromatic N) is 3. The molecule has 0 aliphatic carbocycles. The van der Waals surface area contributed by atoms with E-state index in [4.69, 9.17) is 0 Å². The van der Waals surface area contributed by atoms with E-state index in [0.717, 1.165) is 12.1 Å². The summed E-state index contributed by atoms with van der Waals surface area (Å²) in [4.78, 5) is 8.03. The Labute approximate surface area is 128 Å². The van der Waals surface area contributed by atoms with Crippen molar-refractivity contribution < 1.29 is 13.2 Å². The molecule has 1 aromatic carbocycles. The first-order chi connectivity index (χ1) is 10.7. The van der Waals surface area contributed by atoms with Gasteiger partial charge in [0.15, 0.2) is 5.96 Å². The molecule has 1 N–H and O–H groups in total. The molecule has 22 heavy (non-hydrogen) atoms. The molecule has 0 saturated carbocycles. The van der Waals surface area contributed by atoms with Crippen LogP contribution in [0, 0.1) is 11.6 Å². The Hall–Kier alpha value is -1.92. The molecule has 0 atom stereocenters. The third-order valence-electron chi connectivity index (χ3n) is 3.63. The van der Waals surface area contributed by atoms with Crippen molar-refractivity contribution in [3.63, 3.8) is 0 Å². The monoisotopic (exact) mass is 314 g/mol. The Morgan fingerprint density at radius 2 is 1.95 bits per heavy atom. The Morgan fingerprint density at radius 3 is 2.59 bits per heavy atom. The number of rotatable bonds is 4. The number of guanidine groups is 1. The van der Waals surface area contributed by atoms with Crippen molar-refractivity contribution in [3.05, 3.63) is 29.8 Å². The SMILES string of the molecule is CN=C(NCCCF)N1CCN(c2cc(F)ccc2F)CC1. The van der Waals surface area contributed by atoms with E-state index in [2.05, 4.69) is 10.3 Å². The minimum atomic E-state index is -0.442. The molecule has 1 aromatic rings. The zero-order valence-corrected chi connectivity index (χ0v) is 12.7. The summed E-state index contributed by atoms with van der Waals surface area (Å²) in [5.41, 5.74) is 0.292. The predicted octanol–water partition coefficient (Wildman–Crippen LogP) is 2.02. The number of hydrogen-bond acceptors (Lipinski definition) is 2. The highest BCUT2D eigenvalue weighted by molar-refractivity contribution is 5.80. The molecule has 0 radical (unpaired) electrons. The van der Waals surface area contributed by atoms with Crippen molar-refractivity contribution in [1.29, 1.82) is 0 Å². The lowest BCUT2D eigenvalue weighted by atomic mass is 10.2. The lowest BCUT2D eigenvalue weighted by molar-refractivity contribution is 0.368. The van der Waals surface area contributed by atoms with Gasteiger partial charge >= 0.3 is 0 Å². The van der Waals surface area contributed by atoms with E-state index in [-0.39, 0.29) is 6.67 Å². The summed E-state index contributed by atoms with van der Waals surface area (Å²) in [6, 6.07) is 3.49. The quantitative estimate of drug-likeness (QED) is 0.524. The van der Waals surface area contributed by atoms with Crippen molar-refractivity contribution in [2.24, 2.45) is 4.99 Å². The molecule has 0 bridgehead atoms. The molecule has 7 heteroatoms. The van der Waals surface area contributed by atoms with Crippen LogP contribution in [0.4, 0.5) is 18.9 Å². The zero-order chi connectivity index (χ0) is 15.9. The van der Waals surface area contributed by atoms with Crippen molar-refractivity contribution in [1.82, 2.24) is 10.2 Å². The molecule has 1 saturated heterocycles. The van der Waals surface area contributed by atoms with Gasteiger partial charge in [0.2, 0.25) is 0 Å². The maximum Gasteiger partial charge on any atom is 0.193 e. The molecular formula is C15H21F3N4. The van der Waals surface area contributed by atoms with Gasteiger partial charge in [0.05, 0.1) is 12.4 Å². The molecule has 4 nitrogen and oxygen atoms in total. The topological polar surface area (TPSA) is 30.9 Å². The van der Waals surface area contributed by atoms with Gasteiger partial charge in [-0.2, -0.15) is 0 Å². The number of alkyl halides is 1. The Morgan fingerprint density at radius 1 is 1.23 bits per heavy atom. The molecule has 1 aliphatic rings. The summed E-state index contributed by atoms with van der Waals surface area (Å²) in [7, 11) is 1.68. The van der Waals surface area contributed by atoms with Crippen LogP contribution < -0.4 is 10.2 Å². The van der Waals surface area contributed by atoms with Gasteiger partial charge in [0, 0.05) is 45.8 Å². The summed E-state index contributed by atoms with van der Waals surface area (Å²) >= 11 is 0. The molecule has 0 aromatic heterocycles. The second kappa shape index (κ2) is 7.91. The minimum absolute atomic E-state index is 0.292. The van der Waals surface area contributed by atoms with Crippen molar-refractivity contribution in [2.75, 3.05) is 51.3 Å². The van der Waals surface area contributed by atoms with Crippen LogP contribution in [-0.2, 0) is 0 Å². The molecule has 122 valence electrons. The van der Waals surface area contributed by atoms with E-state index >= 15 is 0 Å². The number of hydrogen-bond donors (Lipinski definition) is 1. The molecule has 0 spiro atoms. The highest BCUT2D eigenvalue weighted by Crippen LogP contribution is 2.21. The van der Waals surface area contributed by atoms with Gasteiger partial charge in [-0.15, -0.1) is 0 Å². The van der Waals surface area contributed by atoms with Crippen LogP contribution in [0.15, 0.2) is 23.2 Å². The van der Waals surface area contributed by atoms with Crippen molar-refractivity contribution >= 4 is 11.6 Å². The maximum absolute atomic E-state index is 13.8. The van der Waals surface area contributed by atoms with Gasteiger partial charge in [-0.05, 0) is 18.6 Å². The van der Waals surface area contributed by atoms with E-state index in [1.165, 1.54) is 6.07 Å². The fourth-order valence-electron chi connectivity index (χ4n) is 2.49. The molecule has 0 amide bonds. The van der Waals surface area contributed by atoms with Gasteiger partial charge in [0.1, 0.15) is 11.6 Å². The highest BCUT2D eigenvalue weighted by atomic mass is 19.1. The number of halogens is 3. The number of piperazine rings is 1. The lowest BCUT2D eigenvalue weighted by Crippen LogP contribution is -2.52. The number of anilines is 1. The van der Waals surface area contributed by atoms with Gasteiger partial charge in [-0.1, -0.05) is 0 Å². The third-order valence-corrected chi connectivity index (χ3v) is 3.63. The lowest BCUT2D eigenvalue weighted by Gasteiger charge is -2.37. The first-order valence-corrected chi connectivity index (χ1v) is 7.37. The van der Waals surface area contributed by atoms with Crippen LogP contribution in [0.5, 0.6) is 0 Å². The first-order valence-electron chi connectivity index (χ1n) is 7.37. The Bertz CT molecular complexity index is 514. The fourth-order valence-corrected chi connectivity index (χ4v) is 2.49. The average Bonchev–Trinajstić information content (AvgIpc) is 2.54. The number of benzene rings is 1. The van der Waals surface area contributed by atoms with Crippen LogP contribution in [-0.4, -0.2) is 57.3 Å². The van der Waals surface area contributed by atoms with Crippen molar-refractivity contribution in [3.8, 4) is 0 Å². The van der Waals surface area contributed by atoms with Gasteiger partial charge in [0.25, 0.3) is 0 Å². The molecule has 1 aliphatic heterocycles. The Kier molecular flexibility index (Phi) is 5.91. The van der Waals surface area contributed by atoms with E-state index in [1.54, 1.807) is 7.05 Å². The third kappa shape index (κ3) is 4.05. The number of nitrogens with one attached hydrogen (secondary N) is 1. The molecule has 2 rings (SSSR count). The second-order valence-corrected chi connectivity index (χ2v) is 5.09. The summed E-state index contributed by atoms with van der Waals surface area (Å²) in [6.45, 7) is 2.60.